The Kier molecular flexibility index (Phi) is 4.24. The second-order valence-electron chi connectivity index (χ2n) is 6.26. The molecule has 2 aliphatic heterocycles. The standard InChI is InChI=1S/C16H24N2O2/c1-16(11-19-12-16)13-20-15-4-2-14(3-5-15)10-18-8-6-17-7-9-18/h2-5,17H,6-13H2,1H3. The molecule has 4 heteroatoms. The number of hydrogen-bond acceptors (Lipinski definition) is 4. The van der Waals surface area contributed by atoms with E-state index in [4.69, 9.17) is 9.47 Å². The summed E-state index contributed by atoms with van der Waals surface area (Å²) in [4.78, 5) is 2.49. The Hall–Kier alpha value is -1.10. The third-order valence-electron chi connectivity index (χ3n) is 4.03. The molecule has 0 radical (unpaired) electrons. The van der Waals surface area contributed by atoms with Crippen molar-refractivity contribution < 1.29 is 9.47 Å². The number of hydrogen-bond donors (Lipinski definition) is 1. The van der Waals surface area contributed by atoms with Gasteiger partial charge in [0.1, 0.15) is 5.75 Å². The second-order valence-corrected chi connectivity index (χ2v) is 6.26. The van der Waals surface area contributed by atoms with E-state index in [1.807, 2.05) is 0 Å². The van der Waals surface area contributed by atoms with Crippen molar-refractivity contribution in [2.45, 2.75) is 13.5 Å². The van der Waals surface area contributed by atoms with Crippen molar-refractivity contribution in [1.82, 2.24) is 10.2 Å². The van der Waals surface area contributed by atoms with Crippen LogP contribution < -0.4 is 10.1 Å². The van der Waals surface area contributed by atoms with Crippen LogP contribution in [0.2, 0.25) is 0 Å². The van der Waals surface area contributed by atoms with E-state index in [-0.39, 0.29) is 5.41 Å². The van der Waals surface area contributed by atoms with Crippen LogP contribution in [0.4, 0.5) is 0 Å². The van der Waals surface area contributed by atoms with E-state index in [0.717, 1.165) is 58.3 Å². The molecule has 2 aliphatic rings. The Labute approximate surface area is 121 Å². The van der Waals surface area contributed by atoms with Crippen molar-refractivity contribution in [3.63, 3.8) is 0 Å². The average Bonchev–Trinajstić information content (AvgIpc) is 2.46. The van der Waals surface area contributed by atoms with Gasteiger partial charge in [0.2, 0.25) is 0 Å². The number of nitrogens with zero attached hydrogens (tertiary/aromatic N) is 1. The fourth-order valence-corrected chi connectivity index (χ4v) is 2.61. The molecule has 0 spiro atoms. The molecular weight excluding hydrogens is 252 g/mol. The van der Waals surface area contributed by atoms with E-state index in [1.165, 1.54) is 5.56 Å². The lowest BCUT2D eigenvalue weighted by atomic mass is 9.90. The first-order chi connectivity index (χ1) is 9.73. The Balaban J connectivity index is 1.49. The van der Waals surface area contributed by atoms with Gasteiger partial charge in [-0.1, -0.05) is 19.1 Å². The number of benzene rings is 1. The maximum Gasteiger partial charge on any atom is 0.119 e. The Morgan fingerprint density at radius 2 is 1.90 bits per heavy atom. The maximum absolute atomic E-state index is 5.85. The summed E-state index contributed by atoms with van der Waals surface area (Å²) in [6, 6.07) is 8.52. The van der Waals surface area contributed by atoms with E-state index < -0.39 is 0 Å². The number of piperazine rings is 1. The summed E-state index contributed by atoms with van der Waals surface area (Å²) in [6.45, 7) is 10.1. The summed E-state index contributed by atoms with van der Waals surface area (Å²) in [5.74, 6) is 0.960. The predicted octanol–water partition coefficient (Wildman–Crippen LogP) is 1.51. The molecule has 0 aliphatic carbocycles. The van der Waals surface area contributed by atoms with Crippen LogP contribution in [0.1, 0.15) is 12.5 Å². The number of rotatable bonds is 5. The zero-order chi connectivity index (χ0) is 13.8. The van der Waals surface area contributed by atoms with Crippen molar-refractivity contribution in [3.8, 4) is 5.75 Å². The molecule has 110 valence electrons. The first-order valence-corrected chi connectivity index (χ1v) is 7.46. The smallest absolute Gasteiger partial charge is 0.119 e. The highest BCUT2D eigenvalue weighted by Gasteiger charge is 2.34. The summed E-state index contributed by atoms with van der Waals surface area (Å²) >= 11 is 0. The third kappa shape index (κ3) is 3.51. The molecule has 1 aromatic rings. The largest absolute Gasteiger partial charge is 0.493 e. The highest BCUT2D eigenvalue weighted by atomic mass is 16.5. The summed E-state index contributed by atoms with van der Waals surface area (Å²) < 4.78 is 11.1. The van der Waals surface area contributed by atoms with Crippen LogP contribution in [0.25, 0.3) is 0 Å². The van der Waals surface area contributed by atoms with Gasteiger partial charge in [-0.05, 0) is 17.7 Å². The molecule has 20 heavy (non-hydrogen) atoms. The first-order valence-electron chi connectivity index (χ1n) is 7.46. The molecular formula is C16H24N2O2. The van der Waals surface area contributed by atoms with Gasteiger partial charge in [0.15, 0.2) is 0 Å². The van der Waals surface area contributed by atoms with Crippen LogP contribution in [0.3, 0.4) is 0 Å². The molecule has 4 nitrogen and oxygen atoms in total. The van der Waals surface area contributed by atoms with Crippen molar-refractivity contribution in [3.05, 3.63) is 29.8 Å². The number of nitrogens with one attached hydrogen (secondary N) is 1. The molecule has 1 N–H and O–H groups in total. The van der Waals surface area contributed by atoms with E-state index >= 15 is 0 Å². The van der Waals surface area contributed by atoms with Gasteiger partial charge in [0.05, 0.1) is 19.8 Å². The summed E-state index contributed by atoms with van der Waals surface area (Å²) in [7, 11) is 0. The molecule has 2 fully saturated rings. The minimum absolute atomic E-state index is 0.208. The minimum Gasteiger partial charge on any atom is -0.493 e. The van der Waals surface area contributed by atoms with Crippen LogP contribution in [-0.2, 0) is 11.3 Å². The molecule has 2 saturated heterocycles. The van der Waals surface area contributed by atoms with Crippen LogP contribution in [0.15, 0.2) is 24.3 Å². The monoisotopic (exact) mass is 276 g/mol. The average molecular weight is 276 g/mol. The lowest BCUT2D eigenvalue weighted by Gasteiger charge is -2.37. The van der Waals surface area contributed by atoms with Crippen molar-refractivity contribution in [1.29, 1.82) is 0 Å². The molecule has 1 aromatic carbocycles. The summed E-state index contributed by atoms with van der Waals surface area (Å²) in [5.41, 5.74) is 1.57. The van der Waals surface area contributed by atoms with Crippen molar-refractivity contribution in [2.24, 2.45) is 5.41 Å². The van der Waals surface area contributed by atoms with Gasteiger partial charge in [0.25, 0.3) is 0 Å². The van der Waals surface area contributed by atoms with E-state index in [0.29, 0.717) is 0 Å². The first kappa shape index (κ1) is 13.9. The highest BCUT2D eigenvalue weighted by molar-refractivity contribution is 5.27. The van der Waals surface area contributed by atoms with Crippen LogP contribution in [0, 0.1) is 5.41 Å². The van der Waals surface area contributed by atoms with Gasteiger partial charge in [-0.3, -0.25) is 4.90 Å². The quantitative estimate of drug-likeness (QED) is 0.884. The molecule has 0 aromatic heterocycles. The van der Waals surface area contributed by atoms with Crippen LogP contribution >= 0.6 is 0 Å². The van der Waals surface area contributed by atoms with Gasteiger partial charge in [-0.15, -0.1) is 0 Å². The van der Waals surface area contributed by atoms with Gasteiger partial charge < -0.3 is 14.8 Å². The van der Waals surface area contributed by atoms with E-state index in [9.17, 15) is 0 Å². The predicted molar refractivity (Wildman–Crippen MR) is 79.0 cm³/mol. The SMILES string of the molecule is CC1(COc2ccc(CN3CCNCC3)cc2)COC1. The fraction of sp³-hybridized carbons (Fsp3) is 0.625. The highest BCUT2D eigenvalue weighted by Crippen LogP contribution is 2.27. The van der Waals surface area contributed by atoms with Crippen molar-refractivity contribution in [2.75, 3.05) is 46.0 Å². The number of ether oxygens (including phenoxy) is 2. The molecule has 2 heterocycles. The molecule has 0 saturated carbocycles. The maximum atomic E-state index is 5.85. The van der Waals surface area contributed by atoms with Gasteiger partial charge in [-0.2, -0.15) is 0 Å². The Bertz CT molecular complexity index is 423. The second kappa shape index (κ2) is 6.12. The van der Waals surface area contributed by atoms with Gasteiger partial charge in [0, 0.05) is 38.1 Å². The summed E-state index contributed by atoms with van der Waals surface area (Å²) in [5, 5.41) is 3.38. The van der Waals surface area contributed by atoms with Gasteiger partial charge >= 0.3 is 0 Å². The fourth-order valence-electron chi connectivity index (χ4n) is 2.61. The molecule has 0 bridgehead atoms. The topological polar surface area (TPSA) is 33.7 Å². The van der Waals surface area contributed by atoms with Crippen LogP contribution in [-0.4, -0.2) is 50.9 Å². The molecule has 0 amide bonds. The van der Waals surface area contributed by atoms with E-state index in [1.54, 1.807) is 0 Å². The lowest BCUT2D eigenvalue weighted by molar-refractivity contribution is -0.120. The minimum atomic E-state index is 0.208. The van der Waals surface area contributed by atoms with Gasteiger partial charge in [-0.25, -0.2) is 0 Å². The lowest BCUT2D eigenvalue weighted by Crippen LogP contribution is -2.44. The molecule has 0 unspecified atom stereocenters. The Morgan fingerprint density at radius 1 is 1.20 bits per heavy atom. The summed E-state index contributed by atoms with van der Waals surface area (Å²) in [6.07, 6.45) is 0. The van der Waals surface area contributed by atoms with Crippen molar-refractivity contribution >= 4 is 0 Å². The zero-order valence-electron chi connectivity index (χ0n) is 12.2. The molecule has 3 rings (SSSR count). The molecule has 0 atom stereocenters. The zero-order valence-corrected chi connectivity index (χ0v) is 12.2. The van der Waals surface area contributed by atoms with E-state index in [2.05, 4.69) is 41.4 Å². The Morgan fingerprint density at radius 3 is 2.50 bits per heavy atom. The normalized spacial score (nSPS) is 22.2. The third-order valence-corrected chi connectivity index (χ3v) is 4.03. The van der Waals surface area contributed by atoms with Crippen LogP contribution in [0.5, 0.6) is 5.75 Å².